The zero-order chi connectivity index (χ0) is 13.7. The second-order valence-corrected chi connectivity index (χ2v) is 19.3. The molecule has 0 aliphatic heterocycles. The molecule has 0 bridgehead atoms. The van der Waals surface area contributed by atoms with Crippen molar-refractivity contribution in [3.05, 3.63) is 0 Å². The second-order valence-electron chi connectivity index (χ2n) is 3.48. The molecule has 0 aromatic heterocycles. The van der Waals surface area contributed by atoms with Crippen LogP contribution in [-0.2, 0) is 25.3 Å². The quantitative estimate of drug-likeness (QED) is 0.575. The monoisotopic (exact) mass is 396 g/mol. The van der Waals surface area contributed by atoms with E-state index in [2.05, 4.69) is 0 Å². The Hall–Kier alpha value is 0.619. The van der Waals surface area contributed by atoms with Gasteiger partial charge in [-0.1, -0.05) is 0 Å². The molecule has 0 heterocycles. The topological polar surface area (TPSA) is 86.7 Å². The molecule has 0 unspecified atom stereocenters. The van der Waals surface area contributed by atoms with Gasteiger partial charge in [0.15, 0.2) is 0 Å². The fraction of sp³-hybridized carbons (Fsp3) is 1.00. The first kappa shape index (κ1) is 17.6. The van der Waals surface area contributed by atoms with E-state index in [9.17, 15) is 16.8 Å². The van der Waals surface area contributed by atoms with Gasteiger partial charge in [0.1, 0.15) is 0 Å². The van der Waals surface area contributed by atoms with E-state index >= 15 is 0 Å². The zero-order valence-corrected chi connectivity index (χ0v) is 15.1. The Morgan fingerprint density at radius 1 is 0.765 bits per heavy atom. The maximum absolute atomic E-state index is 11.5. The van der Waals surface area contributed by atoms with Crippen LogP contribution in [0.1, 0.15) is 27.7 Å². The molecular formula is C8H20O6S2Sn. The summed E-state index contributed by atoms with van der Waals surface area (Å²) in [6, 6.07) is 0. The van der Waals surface area contributed by atoms with Crippen LogP contribution in [0.3, 0.4) is 0 Å². The molecule has 0 aliphatic carbocycles. The average molecular weight is 395 g/mol. The van der Waals surface area contributed by atoms with Gasteiger partial charge in [-0.15, -0.1) is 0 Å². The number of hydrogen-bond donors (Lipinski definition) is 0. The predicted octanol–water partition coefficient (Wildman–Crippen LogP) is 1.20. The Morgan fingerprint density at radius 2 is 1.06 bits per heavy atom. The van der Waals surface area contributed by atoms with Gasteiger partial charge in [0.2, 0.25) is 0 Å². The molecule has 9 heteroatoms. The molecule has 0 saturated heterocycles. The molecule has 6 nitrogen and oxygen atoms in total. The van der Waals surface area contributed by atoms with Crippen LogP contribution >= 0.6 is 0 Å². The number of hydrogen-bond acceptors (Lipinski definition) is 6. The molecule has 0 spiro atoms. The van der Waals surface area contributed by atoms with Gasteiger partial charge in [0, 0.05) is 0 Å². The molecular weight excluding hydrogens is 375 g/mol. The molecule has 104 valence electrons. The average Bonchev–Trinajstić information content (AvgIpc) is 2.27. The van der Waals surface area contributed by atoms with E-state index < -0.39 is 39.4 Å². The minimum atomic E-state index is -4.06. The Balaban J connectivity index is 5.19. The third-order valence-corrected chi connectivity index (χ3v) is 20.6. The van der Waals surface area contributed by atoms with Gasteiger partial charge < -0.3 is 0 Å². The second kappa shape index (κ2) is 6.69. The Morgan fingerprint density at radius 3 is 1.24 bits per heavy atom. The van der Waals surface area contributed by atoms with Gasteiger partial charge in [-0.25, -0.2) is 0 Å². The Bertz CT molecular complexity index is 385. The van der Waals surface area contributed by atoms with Crippen LogP contribution in [0.15, 0.2) is 0 Å². The van der Waals surface area contributed by atoms with E-state index in [0.29, 0.717) is 8.87 Å². The van der Waals surface area contributed by atoms with Gasteiger partial charge in [-0.2, -0.15) is 0 Å². The first-order valence-corrected chi connectivity index (χ1v) is 15.0. The summed E-state index contributed by atoms with van der Waals surface area (Å²) in [5.74, 6) is -0.359. The summed E-state index contributed by atoms with van der Waals surface area (Å²) in [7, 11) is -7.36. The first-order chi connectivity index (χ1) is 7.66. The normalized spacial score (nSPS) is 13.9. The molecule has 0 amide bonds. The fourth-order valence-electron chi connectivity index (χ4n) is 1.08. The third-order valence-electron chi connectivity index (χ3n) is 2.34. The number of rotatable bonds is 8. The van der Waals surface area contributed by atoms with Crippen molar-refractivity contribution in [3.63, 3.8) is 0 Å². The van der Waals surface area contributed by atoms with E-state index in [1.54, 1.807) is 13.8 Å². The Labute approximate surface area is 109 Å². The van der Waals surface area contributed by atoms with Crippen LogP contribution < -0.4 is 0 Å². The zero-order valence-electron chi connectivity index (χ0n) is 10.6. The standard InChI is InChI=1S/2C2H6O3S.2C2H5.Sn/c2*1-2-6(3,4)5;2*1-2;/h2*2H2,1H3,(H,3,4,5);2*1H2,2H3;/q;;;;+2/p-2. The summed E-state index contributed by atoms with van der Waals surface area (Å²) < 4.78 is 56.7. The van der Waals surface area contributed by atoms with E-state index in [-0.39, 0.29) is 11.5 Å². The minimum absolute atomic E-state index is 0.179. The van der Waals surface area contributed by atoms with Crippen molar-refractivity contribution in [2.24, 2.45) is 0 Å². The van der Waals surface area contributed by atoms with Crippen molar-refractivity contribution in [3.8, 4) is 0 Å². The predicted molar refractivity (Wildman–Crippen MR) is 67.8 cm³/mol. The molecule has 0 N–H and O–H groups in total. The fourth-order valence-corrected chi connectivity index (χ4v) is 18.9. The molecule has 0 fully saturated rings. The van der Waals surface area contributed by atoms with Crippen LogP contribution in [0.5, 0.6) is 0 Å². The van der Waals surface area contributed by atoms with Crippen LogP contribution in [0.25, 0.3) is 0 Å². The molecule has 0 rings (SSSR count). The van der Waals surface area contributed by atoms with Gasteiger partial charge >= 0.3 is 109 Å². The van der Waals surface area contributed by atoms with Crippen LogP contribution in [0.4, 0.5) is 0 Å². The van der Waals surface area contributed by atoms with Crippen molar-refractivity contribution in [2.45, 2.75) is 36.6 Å². The molecule has 0 aromatic rings. The van der Waals surface area contributed by atoms with Gasteiger partial charge in [0.25, 0.3) is 0 Å². The third kappa shape index (κ3) is 5.86. The summed E-state index contributed by atoms with van der Waals surface area (Å²) in [6.07, 6.45) is 0. The summed E-state index contributed by atoms with van der Waals surface area (Å²) in [4.78, 5) is 0. The van der Waals surface area contributed by atoms with E-state index in [0.717, 1.165) is 0 Å². The van der Waals surface area contributed by atoms with Crippen molar-refractivity contribution < 1.29 is 21.9 Å². The van der Waals surface area contributed by atoms with Crippen molar-refractivity contribution in [1.29, 1.82) is 0 Å². The Kier molecular flexibility index (Phi) is 6.93. The van der Waals surface area contributed by atoms with Crippen molar-refractivity contribution >= 4 is 39.4 Å². The van der Waals surface area contributed by atoms with Crippen molar-refractivity contribution in [2.75, 3.05) is 11.5 Å². The molecule has 0 radical (unpaired) electrons. The van der Waals surface area contributed by atoms with Gasteiger partial charge in [-0.05, 0) is 0 Å². The maximum atomic E-state index is 11.5. The molecule has 0 aromatic carbocycles. The van der Waals surface area contributed by atoms with Gasteiger partial charge in [0.05, 0.1) is 0 Å². The summed E-state index contributed by atoms with van der Waals surface area (Å²) in [6.45, 7) is 6.31. The summed E-state index contributed by atoms with van der Waals surface area (Å²) >= 11 is -4.06. The molecule has 0 atom stereocenters. The van der Waals surface area contributed by atoms with E-state index in [1.165, 1.54) is 13.8 Å². The summed E-state index contributed by atoms with van der Waals surface area (Å²) in [5.41, 5.74) is 0. The van der Waals surface area contributed by atoms with E-state index in [1.807, 2.05) is 0 Å². The summed E-state index contributed by atoms with van der Waals surface area (Å²) in [5, 5.41) is 0. The molecule has 17 heavy (non-hydrogen) atoms. The molecule has 0 aliphatic rings. The van der Waals surface area contributed by atoms with Crippen LogP contribution in [-0.4, -0.2) is 47.5 Å². The van der Waals surface area contributed by atoms with Crippen LogP contribution in [0, 0.1) is 0 Å². The molecule has 0 saturated carbocycles. The van der Waals surface area contributed by atoms with Gasteiger partial charge in [-0.3, -0.25) is 0 Å². The first-order valence-electron chi connectivity index (χ1n) is 5.52. The van der Waals surface area contributed by atoms with Crippen LogP contribution in [0.2, 0.25) is 8.87 Å². The van der Waals surface area contributed by atoms with Crippen molar-refractivity contribution in [1.82, 2.24) is 0 Å². The SMILES string of the molecule is CCS(=O)(=O)[O][Sn]([CH2]C)([CH2]C)[O]S(=O)(=O)CC. The van der Waals surface area contributed by atoms with E-state index in [4.69, 9.17) is 5.04 Å².